The standard InChI is InChI=1S/C22H30N2O3/c1-23(13-15-26-2)17-20-7-5-18(6-8-20)16-19-9-11-24(12-10-19)22(25)21-4-3-14-27-21/h3-8,14,19H,9-13,15-17H2,1-2H3. The zero-order valence-electron chi connectivity index (χ0n) is 16.4. The summed E-state index contributed by atoms with van der Waals surface area (Å²) in [7, 11) is 3.85. The number of ether oxygens (including phenoxy) is 1. The number of hydrogen-bond donors (Lipinski definition) is 0. The number of rotatable bonds is 8. The second kappa shape index (κ2) is 9.72. The number of nitrogens with zero attached hydrogens (tertiary/aromatic N) is 2. The highest BCUT2D eigenvalue weighted by Crippen LogP contribution is 2.23. The van der Waals surface area contributed by atoms with Gasteiger partial charge < -0.3 is 14.1 Å². The number of carbonyl (C=O) groups excluding carboxylic acids is 1. The summed E-state index contributed by atoms with van der Waals surface area (Å²) >= 11 is 0. The molecule has 1 aliphatic heterocycles. The molecule has 2 heterocycles. The molecule has 0 spiro atoms. The molecule has 5 heteroatoms. The van der Waals surface area contributed by atoms with Gasteiger partial charge >= 0.3 is 0 Å². The van der Waals surface area contributed by atoms with E-state index in [4.69, 9.17) is 9.15 Å². The van der Waals surface area contributed by atoms with Gasteiger partial charge in [0.25, 0.3) is 5.91 Å². The van der Waals surface area contributed by atoms with E-state index < -0.39 is 0 Å². The predicted octanol–water partition coefficient (Wildman–Crippen LogP) is 3.45. The minimum absolute atomic E-state index is 0.0143. The van der Waals surface area contributed by atoms with Gasteiger partial charge in [-0.2, -0.15) is 0 Å². The summed E-state index contributed by atoms with van der Waals surface area (Å²) in [6.45, 7) is 4.26. The topological polar surface area (TPSA) is 45.9 Å². The van der Waals surface area contributed by atoms with Crippen LogP contribution in [0.25, 0.3) is 0 Å². The number of furan rings is 1. The van der Waals surface area contributed by atoms with Crippen LogP contribution in [0, 0.1) is 5.92 Å². The Morgan fingerprint density at radius 3 is 2.52 bits per heavy atom. The van der Waals surface area contributed by atoms with Gasteiger partial charge in [0.15, 0.2) is 5.76 Å². The molecular formula is C22H30N2O3. The third-order valence-electron chi connectivity index (χ3n) is 5.31. The third-order valence-corrected chi connectivity index (χ3v) is 5.31. The van der Waals surface area contributed by atoms with Crippen molar-refractivity contribution in [3.8, 4) is 0 Å². The Labute approximate surface area is 161 Å². The van der Waals surface area contributed by atoms with Crippen LogP contribution in [0.2, 0.25) is 0 Å². The third kappa shape index (κ3) is 5.68. The molecule has 1 aromatic carbocycles. The Hall–Kier alpha value is -2.11. The molecule has 0 N–H and O–H groups in total. The van der Waals surface area contributed by atoms with Crippen LogP contribution in [0.4, 0.5) is 0 Å². The first kappa shape index (κ1) is 19.6. The second-order valence-corrected chi connectivity index (χ2v) is 7.46. The SMILES string of the molecule is COCCN(C)Cc1ccc(CC2CCN(C(=O)c3ccco3)CC2)cc1. The van der Waals surface area contributed by atoms with Gasteiger partial charge in [0.1, 0.15) is 0 Å². The summed E-state index contributed by atoms with van der Waals surface area (Å²) in [5.74, 6) is 1.10. The number of methoxy groups -OCH3 is 1. The lowest BCUT2D eigenvalue weighted by atomic mass is 9.90. The molecule has 1 aromatic heterocycles. The molecule has 0 radical (unpaired) electrons. The first-order valence-corrected chi connectivity index (χ1v) is 9.74. The van der Waals surface area contributed by atoms with Crippen LogP contribution in [0.1, 0.15) is 34.5 Å². The van der Waals surface area contributed by atoms with Crippen molar-refractivity contribution in [3.05, 3.63) is 59.5 Å². The summed E-state index contributed by atoms with van der Waals surface area (Å²) in [5.41, 5.74) is 2.71. The van der Waals surface area contributed by atoms with Crippen molar-refractivity contribution in [3.63, 3.8) is 0 Å². The molecule has 5 nitrogen and oxygen atoms in total. The maximum Gasteiger partial charge on any atom is 0.289 e. The molecule has 2 aromatic rings. The molecule has 0 atom stereocenters. The highest BCUT2D eigenvalue weighted by Gasteiger charge is 2.25. The number of likely N-dealkylation sites (N-methyl/N-ethyl adjacent to an activating group) is 1. The van der Waals surface area contributed by atoms with Gasteiger partial charge in [-0.05, 0) is 55.5 Å². The van der Waals surface area contributed by atoms with Crippen LogP contribution in [0.5, 0.6) is 0 Å². The van der Waals surface area contributed by atoms with Crippen molar-refractivity contribution < 1.29 is 13.9 Å². The number of likely N-dealkylation sites (tertiary alicyclic amines) is 1. The van der Waals surface area contributed by atoms with Gasteiger partial charge in [0.2, 0.25) is 0 Å². The average molecular weight is 370 g/mol. The summed E-state index contributed by atoms with van der Waals surface area (Å²) in [4.78, 5) is 16.5. The van der Waals surface area contributed by atoms with E-state index >= 15 is 0 Å². The second-order valence-electron chi connectivity index (χ2n) is 7.46. The van der Waals surface area contributed by atoms with Crippen molar-refractivity contribution in [1.82, 2.24) is 9.80 Å². The maximum atomic E-state index is 12.3. The van der Waals surface area contributed by atoms with E-state index in [9.17, 15) is 4.79 Å². The van der Waals surface area contributed by atoms with Crippen LogP contribution in [0.3, 0.4) is 0 Å². The number of benzene rings is 1. The monoisotopic (exact) mass is 370 g/mol. The molecule has 0 saturated carbocycles. The van der Waals surface area contributed by atoms with Gasteiger partial charge in [0.05, 0.1) is 12.9 Å². The summed E-state index contributed by atoms with van der Waals surface area (Å²) in [6, 6.07) is 12.5. The molecule has 0 unspecified atom stereocenters. The van der Waals surface area contributed by atoms with Crippen molar-refractivity contribution in [1.29, 1.82) is 0 Å². The normalized spacial score (nSPS) is 15.4. The Balaban J connectivity index is 1.44. The smallest absolute Gasteiger partial charge is 0.289 e. The molecule has 0 aliphatic carbocycles. The fraction of sp³-hybridized carbons (Fsp3) is 0.500. The van der Waals surface area contributed by atoms with Crippen LogP contribution >= 0.6 is 0 Å². The largest absolute Gasteiger partial charge is 0.459 e. The van der Waals surface area contributed by atoms with Gasteiger partial charge in [-0.25, -0.2) is 0 Å². The minimum atomic E-state index is 0.0143. The number of piperidine rings is 1. The number of hydrogen-bond acceptors (Lipinski definition) is 4. The van der Waals surface area contributed by atoms with Gasteiger partial charge in [0, 0.05) is 33.3 Å². The molecule has 146 valence electrons. The van der Waals surface area contributed by atoms with E-state index in [2.05, 4.69) is 36.2 Å². The van der Waals surface area contributed by atoms with Crippen LogP contribution in [-0.2, 0) is 17.7 Å². The minimum Gasteiger partial charge on any atom is -0.459 e. The number of amides is 1. The van der Waals surface area contributed by atoms with E-state index in [-0.39, 0.29) is 5.91 Å². The van der Waals surface area contributed by atoms with E-state index in [1.165, 1.54) is 11.1 Å². The van der Waals surface area contributed by atoms with Gasteiger partial charge in [-0.1, -0.05) is 24.3 Å². The van der Waals surface area contributed by atoms with Crippen LogP contribution in [0.15, 0.2) is 47.1 Å². The number of carbonyl (C=O) groups is 1. The highest BCUT2D eigenvalue weighted by atomic mass is 16.5. The quantitative estimate of drug-likeness (QED) is 0.714. The summed E-state index contributed by atoms with van der Waals surface area (Å²) in [6.07, 6.45) is 4.74. The van der Waals surface area contributed by atoms with Crippen molar-refractivity contribution in [2.45, 2.75) is 25.8 Å². The Morgan fingerprint density at radius 1 is 1.19 bits per heavy atom. The lowest BCUT2D eigenvalue weighted by Crippen LogP contribution is -2.38. The van der Waals surface area contributed by atoms with E-state index in [0.717, 1.165) is 52.0 Å². The van der Waals surface area contributed by atoms with Crippen molar-refractivity contribution >= 4 is 5.91 Å². The highest BCUT2D eigenvalue weighted by molar-refractivity contribution is 5.91. The summed E-state index contributed by atoms with van der Waals surface area (Å²) in [5, 5.41) is 0. The first-order valence-electron chi connectivity index (χ1n) is 9.74. The average Bonchev–Trinajstić information content (AvgIpc) is 3.23. The fourth-order valence-electron chi connectivity index (χ4n) is 3.65. The molecule has 1 saturated heterocycles. The van der Waals surface area contributed by atoms with Crippen molar-refractivity contribution in [2.24, 2.45) is 5.92 Å². The molecule has 1 amide bonds. The molecule has 0 bridgehead atoms. The first-order chi connectivity index (χ1) is 13.2. The fourth-order valence-corrected chi connectivity index (χ4v) is 3.65. The Bertz CT molecular complexity index is 689. The predicted molar refractivity (Wildman–Crippen MR) is 106 cm³/mol. The Morgan fingerprint density at radius 2 is 1.89 bits per heavy atom. The molecule has 3 rings (SSSR count). The van der Waals surface area contributed by atoms with Gasteiger partial charge in [-0.3, -0.25) is 9.69 Å². The van der Waals surface area contributed by atoms with E-state index in [0.29, 0.717) is 11.7 Å². The maximum absolute atomic E-state index is 12.3. The molecule has 1 fully saturated rings. The Kier molecular flexibility index (Phi) is 7.07. The van der Waals surface area contributed by atoms with Crippen LogP contribution < -0.4 is 0 Å². The molecular weight excluding hydrogens is 340 g/mol. The molecule has 27 heavy (non-hydrogen) atoms. The lowest BCUT2D eigenvalue weighted by Gasteiger charge is -2.31. The van der Waals surface area contributed by atoms with E-state index in [1.807, 2.05) is 4.90 Å². The lowest BCUT2D eigenvalue weighted by molar-refractivity contribution is 0.0658. The zero-order chi connectivity index (χ0) is 19.1. The van der Waals surface area contributed by atoms with Crippen molar-refractivity contribution in [2.75, 3.05) is 40.4 Å². The van der Waals surface area contributed by atoms with Gasteiger partial charge in [-0.15, -0.1) is 0 Å². The zero-order valence-corrected chi connectivity index (χ0v) is 16.4. The van der Waals surface area contributed by atoms with Crippen LogP contribution in [-0.4, -0.2) is 56.1 Å². The summed E-state index contributed by atoms with van der Waals surface area (Å²) < 4.78 is 10.4. The van der Waals surface area contributed by atoms with E-state index in [1.54, 1.807) is 25.5 Å². The molecule has 1 aliphatic rings.